The molecule has 0 unspecified atom stereocenters. The number of hydrazine groups is 1. The van der Waals surface area contributed by atoms with Crippen LogP contribution in [-0.2, 0) is 20.8 Å². The maximum atomic E-state index is 12.0. The van der Waals surface area contributed by atoms with Crippen LogP contribution in [0.4, 0.5) is 0 Å². The standard InChI is InChI=1S/C20H22ClN3O5/c1-22-24-19(27)18(26)23-16(11-17(25)20(28)29)9-12-5-7-13(8-6-12)14-3-2-4-15(21)10-14/h2-8,10,16-17,22,25H,9,11H2,1H3,(H,23,26)(H,24,27)(H,28,29)/t16-,17-/m1/s1. The molecular formula is C20H22ClN3O5. The van der Waals surface area contributed by atoms with Crippen molar-refractivity contribution in [2.24, 2.45) is 0 Å². The number of amides is 2. The smallest absolute Gasteiger partial charge is 0.332 e. The summed E-state index contributed by atoms with van der Waals surface area (Å²) in [4.78, 5) is 34.5. The van der Waals surface area contributed by atoms with Crippen LogP contribution in [0.1, 0.15) is 12.0 Å². The number of halogens is 1. The lowest BCUT2D eigenvalue weighted by Gasteiger charge is -2.20. The van der Waals surface area contributed by atoms with Gasteiger partial charge in [0, 0.05) is 24.5 Å². The fourth-order valence-electron chi connectivity index (χ4n) is 2.77. The molecule has 0 radical (unpaired) electrons. The molecule has 0 bridgehead atoms. The van der Waals surface area contributed by atoms with Crippen LogP contribution in [0, 0.1) is 0 Å². The Hall–Kier alpha value is -2.94. The first kappa shape index (κ1) is 22.4. The first-order chi connectivity index (χ1) is 13.8. The largest absolute Gasteiger partial charge is 0.479 e. The zero-order valence-electron chi connectivity index (χ0n) is 15.7. The molecule has 8 nitrogen and oxygen atoms in total. The highest BCUT2D eigenvalue weighted by atomic mass is 35.5. The molecule has 5 N–H and O–H groups in total. The fraction of sp³-hybridized carbons (Fsp3) is 0.250. The van der Waals surface area contributed by atoms with E-state index in [0.29, 0.717) is 5.02 Å². The van der Waals surface area contributed by atoms with E-state index in [2.05, 4.69) is 16.2 Å². The second kappa shape index (κ2) is 10.6. The Morgan fingerprint density at radius 2 is 1.72 bits per heavy atom. The SMILES string of the molecule is CNNC(=O)C(=O)N[C@H](Cc1ccc(-c2cccc(Cl)c2)cc1)C[C@@H](O)C(=O)O. The topological polar surface area (TPSA) is 128 Å². The summed E-state index contributed by atoms with van der Waals surface area (Å²) < 4.78 is 0. The summed E-state index contributed by atoms with van der Waals surface area (Å²) in [6.07, 6.45) is -1.68. The zero-order chi connectivity index (χ0) is 21.4. The van der Waals surface area contributed by atoms with Crippen molar-refractivity contribution in [3.05, 3.63) is 59.1 Å². The van der Waals surface area contributed by atoms with E-state index in [9.17, 15) is 19.5 Å². The van der Waals surface area contributed by atoms with Crippen molar-refractivity contribution in [1.82, 2.24) is 16.2 Å². The number of aliphatic hydroxyl groups is 1. The van der Waals surface area contributed by atoms with Crippen LogP contribution in [0.3, 0.4) is 0 Å². The molecule has 0 aliphatic heterocycles. The number of aliphatic carboxylic acids is 1. The number of nitrogens with one attached hydrogen (secondary N) is 3. The molecule has 154 valence electrons. The summed E-state index contributed by atoms with van der Waals surface area (Å²) in [6, 6.07) is 14.0. The van der Waals surface area contributed by atoms with E-state index in [1.165, 1.54) is 7.05 Å². The maximum Gasteiger partial charge on any atom is 0.332 e. The van der Waals surface area contributed by atoms with Gasteiger partial charge in [-0.15, -0.1) is 0 Å². The molecule has 2 amide bonds. The van der Waals surface area contributed by atoms with Crippen LogP contribution < -0.4 is 16.2 Å². The number of rotatable bonds is 8. The molecule has 0 spiro atoms. The summed E-state index contributed by atoms with van der Waals surface area (Å²) in [5, 5.41) is 21.7. The van der Waals surface area contributed by atoms with E-state index >= 15 is 0 Å². The van der Waals surface area contributed by atoms with Crippen LogP contribution in [0.5, 0.6) is 0 Å². The van der Waals surface area contributed by atoms with Crippen molar-refractivity contribution < 1.29 is 24.6 Å². The van der Waals surface area contributed by atoms with Crippen LogP contribution in [0.2, 0.25) is 5.02 Å². The minimum Gasteiger partial charge on any atom is -0.479 e. The fourth-order valence-corrected chi connectivity index (χ4v) is 2.96. The number of aliphatic hydroxyl groups excluding tert-OH is 1. The van der Waals surface area contributed by atoms with Crippen LogP contribution >= 0.6 is 11.6 Å². The molecule has 0 saturated heterocycles. The molecule has 2 aromatic rings. The highest BCUT2D eigenvalue weighted by molar-refractivity contribution is 6.35. The molecule has 2 aromatic carbocycles. The molecule has 29 heavy (non-hydrogen) atoms. The third-order valence-corrected chi connectivity index (χ3v) is 4.40. The van der Waals surface area contributed by atoms with E-state index in [1.807, 2.05) is 42.5 Å². The average Bonchev–Trinajstić information content (AvgIpc) is 2.68. The van der Waals surface area contributed by atoms with Gasteiger partial charge in [0.2, 0.25) is 0 Å². The van der Waals surface area contributed by atoms with Gasteiger partial charge in [0.1, 0.15) is 0 Å². The molecule has 2 rings (SSSR count). The molecule has 0 fully saturated rings. The van der Waals surface area contributed by atoms with E-state index in [0.717, 1.165) is 16.7 Å². The minimum absolute atomic E-state index is 0.235. The number of carbonyl (C=O) groups excluding carboxylic acids is 2. The molecule has 0 aliphatic carbocycles. The molecular weight excluding hydrogens is 398 g/mol. The number of benzene rings is 2. The monoisotopic (exact) mass is 419 g/mol. The predicted octanol–water partition coefficient (Wildman–Crippen LogP) is 1.12. The lowest BCUT2D eigenvalue weighted by Crippen LogP contribution is -2.49. The Morgan fingerprint density at radius 1 is 1.03 bits per heavy atom. The third-order valence-electron chi connectivity index (χ3n) is 4.17. The van der Waals surface area contributed by atoms with E-state index < -0.39 is 29.9 Å². The first-order valence-corrected chi connectivity index (χ1v) is 9.21. The Kier molecular flexibility index (Phi) is 8.14. The Balaban J connectivity index is 2.13. The Morgan fingerprint density at radius 3 is 2.31 bits per heavy atom. The van der Waals surface area contributed by atoms with Gasteiger partial charge in [0.15, 0.2) is 6.10 Å². The highest BCUT2D eigenvalue weighted by Crippen LogP contribution is 2.23. The number of carboxylic acids is 1. The predicted molar refractivity (Wildman–Crippen MR) is 108 cm³/mol. The van der Waals surface area contributed by atoms with Crippen molar-refractivity contribution in [2.45, 2.75) is 25.0 Å². The number of hydrogen-bond donors (Lipinski definition) is 5. The van der Waals surface area contributed by atoms with Crippen molar-refractivity contribution in [2.75, 3.05) is 7.05 Å². The van der Waals surface area contributed by atoms with E-state index in [-0.39, 0.29) is 12.8 Å². The van der Waals surface area contributed by atoms with Crippen LogP contribution in [0.25, 0.3) is 11.1 Å². The normalized spacial score (nSPS) is 12.7. The van der Waals surface area contributed by atoms with Gasteiger partial charge in [-0.3, -0.25) is 15.0 Å². The molecule has 0 saturated carbocycles. The van der Waals surface area contributed by atoms with Gasteiger partial charge in [-0.1, -0.05) is 48.0 Å². The molecule has 0 aliphatic rings. The third kappa shape index (κ3) is 6.86. The van der Waals surface area contributed by atoms with Crippen molar-refractivity contribution in [3.63, 3.8) is 0 Å². The van der Waals surface area contributed by atoms with E-state index in [4.69, 9.17) is 16.7 Å². The second-order valence-electron chi connectivity index (χ2n) is 6.38. The molecule has 0 aromatic heterocycles. The number of hydrogen-bond acceptors (Lipinski definition) is 5. The summed E-state index contributed by atoms with van der Waals surface area (Å²) >= 11 is 6.02. The number of carbonyl (C=O) groups is 3. The van der Waals surface area contributed by atoms with Gasteiger partial charge in [0.05, 0.1) is 0 Å². The van der Waals surface area contributed by atoms with Gasteiger partial charge in [0.25, 0.3) is 0 Å². The Bertz CT molecular complexity index is 873. The second-order valence-corrected chi connectivity index (χ2v) is 6.81. The van der Waals surface area contributed by atoms with Gasteiger partial charge < -0.3 is 15.5 Å². The number of carboxylic acid groups (broad SMARTS) is 1. The van der Waals surface area contributed by atoms with Crippen molar-refractivity contribution in [3.8, 4) is 11.1 Å². The van der Waals surface area contributed by atoms with Crippen LogP contribution in [-0.4, -0.2) is 47.2 Å². The average molecular weight is 420 g/mol. The van der Waals surface area contributed by atoms with E-state index in [1.54, 1.807) is 6.07 Å². The van der Waals surface area contributed by atoms with Gasteiger partial charge >= 0.3 is 17.8 Å². The summed E-state index contributed by atoms with van der Waals surface area (Å²) in [5.74, 6) is -3.25. The van der Waals surface area contributed by atoms with Crippen molar-refractivity contribution in [1.29, 1.82) is 0 Å². The van der Waals surface area contributed by atoms with Gasteiger partial charge in [-0.25, -0.2) is 10.2 Å². The minimum atomic E-state index is -1.67. The summed E-state index contributed by atoms with van der Waals surface area (Å²) in [7, 11) is 1.43. The molecule has 0 heterocycles. The summed E-state index contributed by atoms with van der Waals surface area (Å²) in [6.45, 7) is 0. The highest BCUT2D eigenvalue weighted by Gasteiger charge is 2.24. The molecule has 2 atom stereocenters. The van der Waals surface area contributed by atoms with Gasteiger partial charge in [-0.2, -0.15) is 0 Å². The van der Waals surface area contributed by atoms with Gasteiger partial charge in [-0.05, 0) is 35.2 Å². The summed E-state index contributed by atoms with van der Waals surface area (Å²) in [5.41, 5.74) is 7.16. The Labute approximate surface area is 172 Å². The van der Waals surface area contributed by atoms with Crippen molar-refractivity contribution >= 4 is 29.4 Å². The molecule has 9 heteroatoms. The lowest BCUT2D eigenvalue weighted by molar-refractivity contribution is -0.147. The quantitative estimate of drug-likeness (QED) is 0.322. The van der Waals surface area contributed by atoms with Crippen LogP contribution in [0.15, 0.2) is 48.5 Å². The first-order valence-electron chi connectivity index (χ1n) is 8.83. The lowest BCUT2D eigenvalue weighted by atomic mass is 9.98. The maximum absolute atomic E-state index is 12.0. The zero-order valence-corrected chi connectivity index (χ0v) is 16.4.